The molecule has 9 heteroatoms. The Bertz CT molecular complexity index is 3930. The summed E-state index contributed by atoms with van der Waals surface area (Å²) >= 11 is 0. The van der Waals surface area contributed by atoms with Crippen LogP contribution in [-0.4, -0.2) is 24.5 Å². The minimum Gasteiger partial charge on any atom is -0.497 e. The molecule has 68 heavy (non-hydrogen) atoms. The number of hydrogen-bond donors (Lipinski definition) is 0. The van der Waals surface area contributed by atoms with Crippen LogP contribution in [0.2, 0.25) is 0 Å². The van der Waals surface area contributed by atoms with Gasteiger partial charge in [-0.25, -0.2) is 4.98 Å². The van der Waals surface area contributed by atoms with E-state index in [0.717, 1.165) is 45.0 Å². The van der Waals surface area contributed by atoms with E-state index in [-0.39, 0.29) is 65.5 Å². The molecule has 8 nitrogen and oxygen atoms in total. The average Bonchev–Trinajstić information content (AvgIpc) is 4.07. The van der Waals surface area contributed by atoms with E-state index in [1.807, 2.05) is 71.4 Å². The van der Waals surface area contributed by atoms with Crippen LogP contribution in [0.3, 0.4) is 0 Å². The topological polar surface area (TPSA) is 107 Å². The second-order valence-corrected chi connectivity index (χ2v) is 18.4. The molecule has 5 heterocycles. The molecule has 0 saturated carbocycles. The Morgan fingerprint density at radius 2 is 1.43 bits per heavy atom. The van der Waals surface area contributed by atoms with Crippen molar-refractivity contribution in [3.63, 3.8) is 0 Å². The number of nitriles is 1. The SMILES string of the molecule is CC(C)(C)c1ccnc(-c2[c-]cccc2)n1.[2H]C([2H])([2H])c1c[c-]c(-c2nc3cccc(C([2H])([2H])[2H])c3n2-c2c(C(C)C)cc(-c3ccccc3)cc2C(C)C)c2oc3c(ccc4c5ccc(C#N)nc5oc43)c12.[Ir]. The Hall–Kier alpha value is -7.24. The summed E-state index contributed by atoms with van der Waals surface area (Å²) in [7, 11) is 0. The van der Waals surface area contributed by atoms with Gasteiger partial charge in [-0.05, 0) is 89.0 Å². The molecule has 0 N–H and O–H groups in total. The van der Waals surface area contributed by atoms with Gasteiger partial charge in [-0.1, -0.05) is 115 Å². The third-order valence-electron chi connectivity index (χ3n) is 12.2. The number of fused-ring (bicyclic) bond motifs is 8. The largest absolute Gasteiger partial charge is 0.497 e. The zero-order chi connectivity index (χ0) is 51.7. The maximum atomic E-state index is 9.50. The first kappa shape index (κ1) is 38.8. The molecule has 0 spiro atoms. The fourth-order valence-electron chi connectivity index (χ4n) is 8.79. The Labute approximate surface area is 418 Å². The van der Waals surface area contributed by atoms with Crippen molar-refractivity contribution < 1.29 is 37.2 Å². The zero-order valence-electron chi connectivity index (χ0n) is 44.6. The fraction of sp³-hybridized carbons (Fsp3) is 0.203. The summed E-state index contributed by atoms with van der Waals surface area (Å²) in [6, 6.07) is 46.2. The molecule has 0 atom stereocenters. The molecule has 5 aromatic heterocycles. The van der Waals surface area contributed by atoms with E-state index in [4.69, 9.17) is 22.0 Å². The van der Waals surface area contributed by atoms with Crippen molar-refractivity contribution in [3.05, 3.63) is 173 Å². The zero-order valence-corrected chi connectivity index (χ0v) is 41.0. The van der Waals surface area contributed by atoms with Gasteiger partial charge in [-0.2, -0.15) is 5.26 Å². The van der Waals surface area contributed by atoms with Crippen molar-refractivity contribution in [1.29, 1.82) is 5.26 Å². The first-order valence-corrected chi connectivity index (χ1v) is 22.3. The maximum Gasteiger partial charge on any atom is 0.228 e. The first-order valence-electron chi connectivity index (χ1n) is 25.3. The van der Waals surface area contributed by atoms with Crippen LogP contribution in [-0.2, 0) is 25.5 Å². The van der Waals surface area contributed by atoms with Gasteiger partial charge in [-0.3, -0.25) is 15.0 Å². The Balaban J connectivity index is 0.000000338. The van der Waals surface area contributed by atoms with Crippen LogP contribution >= 0.6 is 0 Å². The van der Waals surface area contributed by atoms with Gasteiger partial charge >= 0.3 is 0 Å². The minimum atomic E-state index is -2.55. The Kier molecular flexibility index (Phi) is 10.3. The summed E-state index contributed by atoms with van der Waals surface area (Å²) in [5.74, 6) is 1.08. The van der Waals surface area contributed by atoms with Crippen molar-refractivity contribution in [3.8, 4) is 45.7 Å². The first-order chi connectivity index (χ1) is 34.7. The molecule has 0 saturated heterocycles. The van der Waals surface area contributed by atoms with Gasteiger partial charge in [0.1, 0.15) is 11.8 Å². The molecule has 1 radical (unpaired) electrons. The molecule has 0 unspecified atom stereocenters. The third-order valence-corrected chi connectivity index (χ3v) is 12.2. The smallest absolute Gasteiger partial charge is 0.228 e. The molecule has 0 bridgehead atoms. The number of pyridine rings is 1. The van der Waals surface area contributed by atoms with E-state index in [2.05, 4.69) is 99.8 Å². The van der Waals surface area contributed by atoms with Crippen LogP contribution in [0.25, 0.3) is 94.6 Å². The number of benzene rings is 6. The molecule has 0 amide bonds. The number of aryl methyl sites for hydroxylation is 2. The van der Waals surface area contributed by atoms with E-state index >= 15 is 0 Å². The normalized spacial score (nSPS) is 13.4. The second-order valence-electron chi connectivity index (χ2n) is 18.4. The van der Waals surface area contributed by atoms with Crippen molar-refractivity contribution in [1.82, 2.24) is 24.5 Å². The summed E-state index contributed by atoms with van der Waals surface area (Å²) in [6.45, 7) is 9.85. The standard InChI is InChI=1S/C45H35N4O2.C14H15N2.Ir/c1-24(2)35-21-29(28-12-8-7-9-13-28)22-36(25(3)4)40(35)49-39-27(6)11-10-14-37(39)48-44(49)34-17-15-26(5)38-33-20-19-31-32-18-16-30(23-46)47-45(32)51-42(31)43(33)50-41(34)38;1-14(2,3)12-9-10-15-13(16-12)11-7-5-4-6-8-11;/h7-16,18-22,24-25H,1-6H3;4-7,9-10H,1-3H3;/q2*-1;/i5D3,6D3;;. The van der Waals surface area contributed by atoms with Crippen LogP contribution in [0.15, 0.2) is 136 Å². The molecule has 11 rings (SSSR count). The number of rotatable bonds is 6. The van der Waals surface area contributed by atoms with Crippen molar-refractivity contribution in [2.45, 2.75) is 79.4 Å². The Morgan fingerprint density at radius 1 is 0.706 bits per heavy atom. The van der Waals surface area contributed by atoms with E-state index in [1.165, 1.54) is 6.07 Å². The van der Waals surface area contributed by atoms with Crippen molar-refractivity contribution in [2.24, 2.45) is 0 Å². The van der Waals surface area contributed by atoms with E-state index in [9.17, 15) is 5.26 Å². The van der Waals surface area contributed by atoms with Crippen LogP contribution in [0.1, 0.15) is 102 Å². The number of para-hydroxylation sites is 1. The van der Waals surface area contributed by atoms with E-state index < -0.39 is 13.7 Å². The van der Waals surface area contributed by atoms with Crippen LogP contribution in [0, 0.1) is 37.2 Å². The average molecular weight is 1070 g/mol. The predicted molar refractivity (Wildman–Crippen MR) is 270 cm³/mol. The molecule has 0 aliphatic rings. The van der Waals surface area contributed by atoms with Gasteiger partial charge in [0.2, 0.25) is 5.71 Å². The molecular weight excluding hydrogens is 1020 g/mol. The van der Waals surface area contributed by atoms with Crippen molar-refractivity contribution in [2.75, 3.05) is 0 Å². The van der Waals surface area contributed by atoms with Crippen LogP contribution in [0.5, 0.6) is 0 Å². The number of furan rings is 2. The number of imidazole rings is 1. The summed E-state index contributed by atoms with van der Waals surface area (Å²) in [5.41, 5.74) is 9.57. The van der Waals surface area contributed by atoms with Gasteiger partial charge in [0.25, 0.3) is 0 Å². The third kappa shape index (κ3) is 8.08. The maximum absolute atomic E-state index is 9.50. The molecule has 11 aromatic rings. The van der Waals surface area contributed by atoms with Crippen LogP contribution in [0.4, 0.5) is 0 Å². The van der Waals surface area contributed by atoms with Gasteiger partial charge < -0.3 is 13.4 Å². The molecule has 0 aliphatic carbocycles. The summed E-state index contributed by atoms with van der Waals surface area (Å²) in [6.07, 6.45) is 1.81. The fourth-order valence-corrected chi connectivity index (χ4v) is 8.79. The summed E-state index contributed by atoms with van der Waals surface area (Å²) < 4.78 is 66.6. The number of hydrogen-bond acceptors (Lipinski definition) is 7. The summed E-state index contributed by atoms with van der Waals surface area (Å²) in [5, 5.41) is 11.7. The molecular formula is C59H50IrN6O2-2. The second kappa shape index (κ2) is 18.1. The molecule has 0 aliphatic heterocycles. The quantitative estimate of drug-likeness (QED) is 0.153. The number of nitrogens with zero attached hydrogens (tertiary/aromatic N) is 6. The van der Waals surface area contributed by atoms with Gasteiger partial charge in [-0.15, -0.1) is 53.6 Å². The van der Waals surface area contributed by atoms with E-state index in [0.29, 0.717) is 55.1 Å². The minimum absolute atomic E-state index is 0. The molecule has 0 fully saturated rings. The molecule has 339 valence electrons. The molecule has 6 aromatic carbocycles. The Morgan fingerprint density at radius 3 is 2.12 bits per heavy atom. The number of aromatic nitrogens is 5. The monoisotopic (exact) mass is 1070 g/mol. The van der Waals surface area contributed by atoms with Gasteiger partial charge in [0.05, 0.1) is 28.3 Å². The predicted octanol–water partition coefficient (Wildman–Crippen LogP) is 15.3. The van der Waals surface area contributed by atoms with Crippen LogP contribution < -0.4 is 0 Å². The summed E-state index contributed by atoms with van der Waals surface area (Å²) in [4.78, 5) is 18.4. The van der Waals surface area contributed by atoms with Crippen molar-refractivity contribution >= 4 is 55.0 Å². The van der Waals surface area contributed by atoms with Gasteiger partial charge in [0, 0.05) is 67.5 Å². The van der Waals surface area contributed by atoms with E-state index in [1.54, 1.807) is 36.4 Å². The van der Waals surface area contributed by atoms with Gasteiger partial charge in [0.15, 0.2) is 11.2 Å².